The maximum absolute atomic E-state index is 11.8. The lowest BCUT2D eigenvalue weighted by Gasteiger charge is -2.32. The largest absolute Gasteiger partial charge is 0.366 e. The summed E-state index contributed by atoms with van der Waals surface area (Å²) in [5.74, 6) is -0.111. The van der Waals surface area contributed by atoms with Crippen LogP contribution in [0.3, 0.4) is 0 Å². The zero-order valence-corrected chi connectivity index (χ0v) is 11.2. The monoisotopic (exact) mass is 264 g/mol. The van der Waals surface area contributed by atoms with E-state index in [1.807, 2.05) is 18.2 Å². The Kier molecular flexibility index (Phi) is 5.32. The van der Waals surface area contributed by atoms with Crippen molar-refractivity contribution in [1.82, 2.24) is 10.2 Å². The van der Waals surface area contributed by atoms with Crippen molar-refractivity contribution in [2.45, 2.75) is 12.6 Å². The van der Waals surface area contributed by atoms with Gasteiger partial charge in [0.15, 0.2) is 0 Å². The molecule has 104 valence electrons. The van der Waals surface area contributed by atoms with Crippen molar-refractivity contribution in [3.05, 3.63) is 35.9 Å². The first-order valence-electron chi connectivity index (χ1n) is 6.44. The quantitative estimate of drug-likeness (QED) is 0.792. The van der Waals surface area contributed by atoms with E-state index in [9.17, 15) is 4.79 Å². The Labute approximate surface area is 113 Å². The third kappa shape index (κ3) is 4.31. The van der Waals surface area contributed by atoms with Crippen molar-refractivity contribution in [2.24, 2.45) is 0 Å². The van der Waals surface area contributed by atoms with Crippen LogP contribution in [0, 0.1) is 0 Å². The summed E-state index contributed by atoms with van der Waals surface area (Å²) in [5.41, 5.74) is 1.25. The number of rotatable bonds is 5. The number of morpholine rings is 1. The summed E-state index contributed by atoms with van der Waals surface area (Å²) >= 11 is 0. The highest BCUT2D eigenvalue weighted by atomic mass is 16.5. The van der Waals surface area contributed by atoms with Crippen LogP contribution in [-0.2, 0) is 20.8 Å². The fourth-order valence-corrected chi connectivity index (χ4v) is 2.10. The van der Waals surface area contributed by atoms with Gasteiger partial charge in [-0.05, 0) is 5.56 Å². The minimum Gasteiger partial charge on any atom is -0.366 e. The molecule has 5 heteroatoms. The van der Waals surface area contributed by atoms with Crippen LogP contribution in [0.25, 0.3) is 0 Å². The van der Waals surface area contributed by atoms with Gasteiger partial charge in [0.05, 0.1) is 6.61 Å². The number of carbonyl (C=O) groups is 1. The van der Waals surface area contributed by atoms with Crippen LogP contribution in [0.5, 0.6) is 0 Å². The maximum atomic E-state index is 11.8. The van der Waals surface area contributed by atoms with Crippen LogP contribution < -0.4 is 5.32 Å². The van der Waals surface area contributed by atoms with Gasteiger partial charge >= 0.3 is 0 Å². The molecular formula is C14H20N2O3. The molecular weight excluding hydrogens is 244 g/mol. The van der Waals surface area contributed by atoms with Gasteiger partial charge in [-0.1, -0.05) is 30.3 Å². The first kappa shape index (κ1) is 14.0. The third-order valence-corrected chi connectivity index (χ3v) is 3.08. The molecule has 1 N–H and O–H groups in total. The predicted molar refractivity (Wildman–Crippen MR) is 71.5 cm³/mol. The molecule has 1 aromatic carbocycles. The average molecular weight is 264 g/mol. The van der Waals surface area contributed by atoms with E-state index in [2.05, 4.69) is 22.3 Å². The molecule has 0 aromatic heterocycles. The second-order valence-corrected chi connectivity index (χ2v) is 4.55. The lowest BCUT2D eigenvalue weighted by Crippen LogP contribution is -2.49. The summed E-state index contributed by atoms with van der Waals surface area (Å²) < 4.78 is 10.3. The Hall–Kier alpha value is -1.43. The van der Waals surface area contributed by atoms with Gasteiger partial charge in [0.25, 0.3) is 5.91 Å². The van der Waals surface area contributed by atoms with Gasteiger partial charge in [0.1, 0.15) is 12.8 Å². The molecule has 0 spiro atoms. The van der Waals surface area contributed by atoms with Crippen LogP contribution in [0.4, 0.5) is 0 Å². The molecule has 1 aliphatic rings. The van der Waals surface area contributed by atoms with E-state index in [-0.39, 0.29) is 12.6 Å². The lowest BCUT2D eigenvalue weighted by molar-refractivity contribution is -0.140. The topological polar surface area (TPSA) is 50.8 Å². The Morgan fingerprint density at radius 3 is 3.00 bits per heavy atom. The van der Waals surface area contributed by atoms with Crippen LogP contribution in [-0.4, -0.2) is 50.4 Å². The zero-order chi connectivity index (χ0) is 13.5. The summed E-state index contributed by atoms with van der Waals surface area (Å²) in [7, 11) is 1.55. The molecule has 0 unspecified atom stereocenters. The van der Waals surface area contributed by atoms with Gasteiger partial charge in [-0.15, -0.1) is 0 Å². The molecule has 1 atom stereocenters. The Bertz CT molecular complexity index is 397. The molecule has 0 saturated carbocycles. The smallest absolute Gasteiger partial charge is 0.252 e. The predicted octanol–water partition coefficient (Wildman–Crippen LogP) is 0.607. The molecule has 1 aromatic rings. The van der Waals surface area contributed by atoms with Crippen molar-refractivity contribution < 1.29 is 14.3 Å². The highest BCUT2D eigenvalue weighted by molar-refractivity contribution is 5.81. The van der Waals surface area contributed by atoms with Gasteiger partial charge in [-0.3, -0.25) is 9.69 Å². The van der Waals surface area contributed by atoms with Crippen LogP contribution in [0.1, 0.15) is 5.56 Å². The van der Waals surface area contributed by atoms with Crippen molar-refractivity contribution in [3.8, 4) is 0 Å². The highest BCUT2D eigenvalue weighted by Crippen LogP contribution is 2.10. The van der Waals surface area contributed by atoms with Crippen LogP contribution in [0.15, 0.2) is 30.3 Å². The maximum Gasteiger partial charge on any atom is 0.252 e. The van der Waals surface area contributed by atoms with Gasteiger partial charge < -0.3 is 14.8 Å². The van der Waals surface area contributed by atoms with E-state index in [1.54, 1.807) is 7.11 Å². The molecule has 1 amide bonds. The van der Waals surface area contributed by atoms with E-state index in [1.165, 1.54) is 5.56 Å². The second-order valence-electron chi connectivity index (χ2n) is 4.55. The summed E-state index contributed by atoms with van der Waals surface area (Å²) in [5, 5.41) is 2.67. The molecule has 2 rings (SSSR count). The fourth-order valence-electron chi connectivity index (χ4n) is 2.10. The first-order valence-corrected chi connectivity index (χ1v) is 6.44. The summed E-state index contributed by atoms with van der Waals surface area (Å²) in [6.45, 7) is 3.11. The van der Waals surface area contributed by atoms with Crippen molar-refractivity contribution >= 4 is 5.91 Å². The molecule has 0 radical (unpaired) electrons. The van der Waals surface area contributed by atoms with Crippen LogP contribution in [0.2, 0.25) is 0 Å². The van der Waals surface area contributed by atoms with E-state index in [0.717, 1.165) is 13.1 Å². The molecule has 1 heterocycles. The number of carbonyl (C=O) groups excluding carboxylic acids is 1. The van der Waals surface area contributed by atoms with Gasteiger partial charge in [0.2, 0.25) is 0 Å². The Morgan fingerprint density at radius 1 is 1.47 bits per heavy atom. The number of hydrogen-bond donors (Lipinski definition) is 1. The minimum absolute atomic E-state index is 0.111. The molecule has 1 fully saturated rings. The minimum atomic E-state index is -0.410. The van der Waals surface area contributed by atoms with E-state index in [0.29, 0.717) is 13.2 Å². The van der Waals surface area contributed by atoms with E-state index >= 15 is 0 Å². The lowest BCUT2D eigenvalue weighted by atomic mass is 10.2. The number of nitrogens with one attached hydrogen (secondary N) is 1. The van der Waals surface area contributed by atoms with Crippen molar-refractivity contribution in [2.75, 3.05) is 33.5 Å². The molecule has 1 aliphatic heterocycles. The molecule has 0 bridgehead atoms. The number of nitrogens with zero attached hydrogens (tertiary/aromatic N) is 1. The fraction of sp³-hybridized carbons (Fsp3) is 0.500. The average Bonchev–Trinajstić information content (AvgIpc) is 2.46. The Morgan fingerprint density at radius 2 is 2.26 bits per heavy atom. The van der Waals surface area contributed by atoms with Gasteiger partial charge in [-0.2, -0.15) is 0 Å². The highest BCUT2D eigenvalue weighted by Gasteiger charge is 2.26. The zero-order valence-electron chi connectivity index (χ0n) is 11.2. The number of hydrogen-bond acceptors (Lipinski definition) is 4. The van der Waals surface area contributed by atoms with E-state index in [4.69, 9.17) is 9.47 Å². The number of benzene rings is 1. The second kappa shape index (κ2) is 7.23. The summed E-state index contributed by atoms with van der Waals surface area (Å²) in [6.07, 6.45) is -0.410. The third-order valence-electron chi connectivity index (χ3n) is 3.08. The first-order chi connectivity index (χ1) is 9.29. The number of amides is 1. The van der Waals surface area contributed by atoms with E-state index < -0.39 is 6.10 Å². The molecule has 0 aliphatic carbocycles. The Balaban J connectivity index is 1.85. The standard InChI is InChI=1S/C14H20N2O3/c1-18-11-15-14(17)13-10-16(7-8-19-13)9-12-5-3-2-4-6-12/h2-6,13H,7-11H2,1H3,(H,15,17)/t13-/m1/s1. The SMILES string of the molecule is COCNC(=O)[C@H]1CN(Cc2ccccc2)CCO1. The number of methoxy groups -OCH3 is 1. The molecule has 19 heavy (non-hydrogen) atoms. The van der Waals surface area contributed by atoms with Gasteiger partial charge in [0, 0.05) is 26.7 Å². The summed E-state index contributed by atoms with van der Waals surface area (Å²) in [4.78, 5) is 14.0. The van der Waals surface area contributed by atoms with Gasteiger partial charge in [-0.25, -0.2) is 0 Å². The normalized spacial score (nSPS) is 20.2. The van der Waals surface area contributed by atoms with Crippen molar-refractivity contribution in [3.63, 3.8) is 0 Å². The summed E-state index contributed by atoms with van der Waals surface area (Å²) in [6, 6.07) is 10.2. The molecule has 1 saturated heterocycles. The molecule has 5 nitrogen and oxygen atoms in total. The number of ether oxygens (including phenoxy) is 2. The van der Waals surface area contributed by atoms with Crippen molar-refractivity contribution in [1.29, 1.82) is 0 Å². The van der Waals surface area contributed by atoms with Crippen LogP contribution >= 0.6 is 0 Å².